The van der Waals surface area contributed by atoms with Gasteiger partial charge < -0.3 is 0 Å². The largest absolute Gasteiger partial charge is 0.256 e. The molecule has 1 aromatic carbocycles. The second kappa shape index (κ2) is 4.56. The van der Waals surface area contributed by atoms with E-state index in [-0.39, 0.29) is 16.5 Å². The minimum atomic E-state index is -2.22. The molecule has 0 aliphatic carbocycles. The van der Waals surface area contributed by atoms with E-state index in [1.165, 1.54) is 6.20 Å². The van der Waals surface area contributed by atoms with Crippen molar-refractivity contribution in [1.29, 1.82) is 0 Å². The molecule has 0 amide bonds. The van der Waals surface area contributed by atoms with Gasteiger partial charge >= 0.3 is 0 Å². The molecular weight excluding hydrogens is 218 g/mol. The Bertz CT molecular complexity index is 721. The minimum Gasteiger partial charge on any atom is -0.256 e. The van der Waals surface area contributed by atoms with Crippen molar-refractivity contribution in [2.24, 2.45) is 0 Å². The first-order valence-corrected chi connectivity index (χ1v) is 5.92. The molecule has 1 nitrogen and oxygen atoms in total. The van der Waals surface area contributed by atoms with Crippen molar-refractivity contribution in [2.75, 3.05) is 0 Å². The lowest BCUT2D eigenvalue weighted by Gasteiger charge is -2.22. The summed E-state index contributed by atoms with van der Waals surface area (Å²) in [5, 5.41) is 0. The Morgan fingerprint density at radius 3 is 2.33 bits per heavy atom. The molecule has 2 aromatic rings. The Balaban J connectivity index is 2.53. The summed E-state index contributed by atoms with van der Waals surface area (Å²) in [5.74, 6) is 0. The van der Waals surface area contributed by atoms with Crippen molar-refractivity contribution < 1.29 is 8.22 Å². The second-order valence-electron chi connectivity index (χ2n) is 5.44. The van der Waals surface area contributed by atoms with Gasteiger partial charge in [-0.3, -0.25) is 4.98 Å². The van der Waals surface area contributed by atoms with Crippen molar-refractivity contribution in [3.05, 3.63) is 53.2 Å². The van der Waals surface area contributed by atoms with Gasteiger partial charge in [-0.1, -0.05) is 50.6 Å². The molecule has 94 valence electrons. The van der Waals surface area contributed by atoms with E-state index >= 15 is 0 Å². The topological polar surface area (TPSA) is 12.9 Å². The van der Waals surface area contributed by atoms with Gasteiger partial charge in [0.1, 0.15) is 0 Å². The lowest BCUT2D eigenvalue weighted by atomic mass is 9.84. The fraction of sp³-hybridized carbons (Fsp3) is 0.353. The molecule has 0 aliphatic rings. The van der Waals surface area contributed by atoms with Crippen LogP contribution in [0.15, 0.2) is 36.5 Å². The van der Waals surface area contributed by atoms with Gasteiger partial charge in [0.25, 0.3) is 0 Å². The molecule has 0 radical (unpaired) electrons. The average molecular weight is 245 g/mol. The van der Waals surface area contributed by atoms with Crippen molar-refractivity contribution in [3.8, 4) is 11.3 Å². The van der Waals surface area contributed by atoms with Crippen LogP contribution in [0.1, 0.15) is 45.7 Å². The maximum Gasteiger partial charge on any atom is 0.0705 e. The first kappa shape index (κ1) is 7.08. The summed E-state index contributed by atoms with van der Waals surface area (Å²) >= 11 is 0. The van der Waals surface area contributed by atoms with E-state index in [2.05, 4.69) is 4.98 Å². The lowest BCUT2D eigenvalue weighted by molar-refractivity contribution is 0.585. The van der Waals surface area contributed by atoms with Gasteiger partial charge in [0.2, 0.25) is 0 Å². The predicted octanol–water partition coefficient (Wildman–Crippen LogP) is 4.66. The molecule has 1 heteroatoms. The molecule has 0 atom stereocenters. The number of hydrogen-bond donors (Lipinski definition) is 0. The summed E-state index contributed by atoms with van der Waals surface area (Å²) in [6.45, 7) is 1.50. The van der Waals surface area contributed by atoms with Gasteiger partial charge in [0, 0.05) is 20.0 Å². The third kappa shape index (κ3) is 2.61. The third-order valence-corrected chi connectivity index (χ3v) is 2.89. The normalized spacial score (nSPS) is 17.9. The predicted molar refractivity (Wildman–Crippen MR) is 77.8 cm³/mol. The van der Waals surface area contributed by atoms with Gasteiger partial charge in [-0.25, -0.2) is 0 Å². The Morgan fingerprint density at radius 2 is 1.78 bits per heavy atom. The van der Waals surface area contributed by atoms with E-state index in [9.17, 15) is 0 Å². The highest BCUT2D eigenvalue weighted by Crippen LogP contribution is 2.28. The van der Waals surface area contributed by atoms with Crippen molar-refractivity contribution in [1.82, 2.24) is 4.98 Å². The Morgan fingerprint density at radius 1 is 1.06 bits per heavy atom. The van der Waals surface area contributed by atoms with Gasteiger partial charge in [0.05, 0.1) is 5.69 Å². The summed E-state index contributed by atoms with van der Waals surface area (Å²) in [4.78, 5) is 4.28. The lowest BCUT2D eigenvalue weighted by Crippen LogP contribution is -2.13. The summed E-state index contributed by atoms with van der Waals surface area (Å²) < 4.78 is 45.3. The van der Waals surface area contributed by atoms with E-state index in [4.69, 9.17) is 8.22 Å². The molecule has 0 bridgehead atoms. The first-order chi connectivity index (χ1) is 10.8. The Hall–Kier alpha value is -1.63. The van der Waals surface area contributed by atoms with Crippen LogP contribution < -0.4 is 0 Å². The molecule has 1 heterocycles. The van der Waals surface area contributed by atoms with Crippen LogP contribution in [0, 0.1) is 13.7 Å². The number of rotatable bonds is 1. The average Bonchev–Trinajstić information content (AvgIpc) is 2.44. The fourth-order valence-electron chi connectivity index (χ4n) is 1.87. The molecule has 0 fully saturated rings. The van der Waals surface area contributed by atoms with Crippen molar-refractivity contribution >= 4 is 0 Å². The highest BCUT2D eigenvalue weighted by Gasteiger charge is 2.17. The van der Waals surface area contributed by atoms with E-state index in [1.54, 1.807) is 30.3 Å². The smallest absolute Gasteiger partial charge is 0.0705 e. The number of aryl methyl sites for hydroxylation is 2. The van der Waals surface area contributed by atoms with Crippen LogP contribution in [-0.2, 0) is 5.41 Å². The highest BCUT2D eigenvalue weighted by molar-refractivity contribution is 5.61. The zero-order valence-corrected chi connectivity index (χ0v) is 10.9. The van der Waals surface area contributed by atoms with Crippen LogP contribution in [0.3, 0.4) is 0 Å². The molecule has 0 N–H and O–H groups in total. The molecular formula is C17H21N. The number of pyridine rings is 1. The van der Waals surface area contributed by atoms with Crippen molar-refractivity contribution in [2.45, 2.75) is 39.9 Å². The van der Waals surface area contributed by atoms with E-state index in [0.717, 1.165) is 5.56 Å². The summed E-state index contributed by atoms with van der Waals surface area (Å²) in [7, 11) is 0. The van der Waals surface area contributed by atoms with Gasteiger partial charge in [-0.05, 0) is 36.3 Å². The van der Waals surface area contributed by atoms with Crippen LogP contribution in [0.5, 0.6) is 0 Å². The molecule has 1 aromatic heterocycles. The Labute approximate surface area is 118 Å². The number of nitrogens with zero attached hydrogens (tertiary/aromatic N) is 1. The van der Waals surface area contributed by atoms with Gasteiger partial charge in [0.15, 0.2) is 0 Å². The van der Waals surface area contributed by atoms with E-state index in [1.807, 2.05) is 20.8 Å². The number of aromatic nitrogens is 1. The number of benzene rings is 1. The summed E-state index contributed by atoms with van der Waals surface area (Å²) in [5.41, 5.74) is 2.27. The highest BCUT2D eigenvalue weighted by atomic mass is 14.7. The monoisotopic (exact) mass is 245 g/mol. The van der Waals surface area contributed by atoms with Crippen LogP contribution in [0.25, 0.3) is 11.3 Å². The fourth-order valence-corrected chi connectivity index (χ4v) is 1.87. The van der Waals surface area contributed by atoms with Crippen LogP contribution in [-0.4, -0.2) is 4.98 Å². The molecule has 0 aliphatic heterocycles. The van der Waals surface area contributed by atoms with Crippen molar-refractivity contribution in [3.63, 3.8) is 0 Å². The Kier molecular flexibility index (Phi) is 1.80. The first-order valence-electron chi connectivity index (χ1n) is 8.92. The maximum atomic E-state index is 7.70. The standard InChI is InChI=1S/C17H21N/c1-12-6-8-14(9-7-12)16-10-15(17(3,4)5)13(2)11-18-16/h6-11H,1-5H3/i1D3,2D3. The quantitative estimate of drug-likeness (QED) is 0.712. The van der Waals surface area contributed by atoms with Crippen LogP contribution in [0.2, 0.25) is 0 Å². The zero-order chi connectivity index (χ0) is 18.3. The molecule has 18 heavy (non-hydrogen) atoms. The number of hydrogen-bond acceptors (Lipinski definition) is 1. The second-order valence-corrected chi connectivity index (χ2v) is 5.44. The maximum absolute atomic E-state index is 7.70. The SMILES string of the molecule is [2H]C([2H])([2H])c1ccc(-c2cc(C(C)(C)C)c(C([2H])([2H])[2H])cn2)cc1. The van der Waals surface area contributed by atoms with E-state index in [0.29, 0.717) is 11.3 Å². The molecule has 0 spiro atoms. The van der Waals surface area contributed by atoms with Gasteiger partial charge in [-0.15, -0.1) is 0 Å². The van der Waals surface area contributed by atoms with Gasteiger partial charge in [-0.2, -0.15) is 0 Å². The molecule has 0 unspecified atom stereocenters. The van der Waals surface area contributed by atoms with Crippen LogP contribution >= 0.6 is 0 Å². The summed E-state index contributed by atoms with van der Waals surface area (Å²) in [6.07, 6.45) is 1.40. The van der Waals surface area contributed by atoms with E-state index < -0.39 is 13.7 Å². The zero-order valence-electron chi connectivity index (χ0n) is 16.9. The summed E-state index contributed by atoms with van der Waals surface area (Å²) in [6, 6.07) is 8.29. The van der Waals surface area contributed by atoms with Crippen LogP contribution in [0.4, 0.5) is 0 Å². The third-order valence-electron chi connectivity index (χ3n) is 2.89. The molecule has 0 saturated heterocycles. The molecule has 0 saturated carbocycles. The minimum absolute atomic E-state index is 0.248. The molecule has 2 rings (SSSR count).